The van der Waals surface area contributed by atoms with Crippen molar-refractivity contribution < 1.29 is 23.9 Å². The second kappa shape index (κ2) is 8.36. The minimum atomic E-state index is -0.490. The predicted octanol–water partition coefficient (Wildman–Crippen LogP) is 5.99. The number of ether oxygens (including phenoxy) is 1. The van der Waals surface area contributed by atoms with Crippen LogP contribution in [-0.2, 0) is 23.9 Å². The van der Waals surface area contributed by atoms with Crippen LogP contribution in [0, 0.1) is 63.1 Å². The maximum absolute atomic E-state index is 13.6. The molecule has 5 rings (SSSR count). The molecular weight excluding hydrogens is 464 g/mol. The predicted molar refractivity (Wildman–Crippen MR) is 141 cm³/mol. The van der Waals surface area contributed by atoms with Crippen molar-refractivity contribution in [1.29, 1.82) is 0 Å². The van der Waals surface area contributed by atoms with E-state index in [1.54, 1.807) is 0 Å². The first kappa shape index (κ1) is 26.8. The van der Waals surface area contributed by atoms with Crippen molar-refractivity contribution in [1.82, 2.24) is 0 Å². The molecule has 0 aromatic rings. The summed E-state index contributed by atoms with van der Waals surface area (Å²) in [6.45, 7) is 16.0. The van der Waals surface area contributed by atoms with E-state index in [0.717, 1.165) is 38.5 Å². The third kappa shape index (κ3) is 3.33. The molecule has 2 spiro atoms. The van der Waals surface area contributed by atoms with Crippen LogP contribution in [0.4, 0.5) is 0 Å². The maximum Gasteiger partial charge on any atom is 0.302 e. The molecule has 0 heterocycles. The van der Waals surface area contributed by atoms with Crippen molar-refractivity contribution >= 4 is 23.3 Å². The van der Waals surface area contributed by atoms with Gasteiger partial charge in [0, 0.05) is 30.6 Å². The van der Waals surface area contributed by atoms with Crippen LogP contribution in [0.2, 0.25) is 0 Å². The Bertz CT molecular complexity index is 1070. The van der Waals surface area contributed by atoms with Crippen molar-refractivity contribution in [2.45, 2.75) is 100 Å². The first-order valence-electron chi connectivity index (χ1n) is 14.7. The van der Waals surface area contributed by atoms with Gasteiger partial charge in [-0.05, 0) is 84.0 Å². The summed E-state index contributed by atoms with van der Waals surface area (Å²) in [5.41, 5.74) is -0.00655. The molecule has 0 aromatic heterocycles. The molecule has 204 valence electrons. The van der Waals surface area contributed by atoms with E-state index in [-0.39, 0.29) is 74.8 Å². The van der Waals surface area contributed by atoms with E-state index in [1.807, 2.05) is 33.8 Å². The highest BCUT2D eigenvalue weighted by Crippen LogP contribution is 2.87. The fraction of sp³-hybridized carbons (Fsp3) is 0.812. The monoisotopic (exact) mass is 510 g/mol. The van der Waals surface area contributed by atoms with Crippen molar-refractivity contribution in [2.75, 3.05) is 0 Å². The van der Waals surface area contributed by atoms with Gasteiger partial charge in [-0.15, -0.1) is 0 Å². The topological polar surface area (TPSA) is 77.5 Å². The molecule has 5 aliphatic rings. The highest BCUT2D eigenvalue weighted by molar-refractivity contribution is 6.38. The first-order valence-corrected chi connectivity index (χ1v) is 14.7. The molecule has 37 heavy (non-hydrogen) atoms. The standard InChI is InChI=1S/C32H46O5/c1-17(2)18(3)27(35)28(36)20(5)26-24(37-21(6)33)15-30(8)25-10-9-22-19(4)23(34)11-12-31(22)16-32(25,31)14-13-29(26,30)7/h11-12,17-20,22,24-26H,9-10,13-16H2,1-8H3/t18?,19-,20-,22-,24-,25-,26-,29+,30-,31+,32-/m0/s1. The summed E-state index contributed by atoms with van der Waals surface area (Å²) in [7, 11) is 0. The SMILES string of the molecule is CC(=O)O[C@H]1C[C@@]2(C)[C@@H]3CC[C@H]4[C@H](C)C(=O)C=C[C@@]45C[C@@]35CC[C@]2(C)[C@H]1[C@H](C)C(=O)C(=O)C(C)C(C)C. The molecular formula is C32H46O5. The van der Waals surface area contributed by atoms with E-state index in [9.17, 15) is 19.2 Å². The van der Waals surface area contributed by atoms with Crippen LogP contribution in [-0.4, -0.2) is 29.4 Å². The molecule has 11 atom stereocenters. The lowest BCUT2D eigenvalue weighted by Gasteiger charge is -2.60. The number of fused-ring (bicyclic) bond motifs is 2. The average molecular weight is 511 g/mol. The quantitative estimate of drug-likeness (QED) is 0.324. The molecule has 4 fully saturated rings. The van der Waals surface area contributed by atoms with Gasteiger partial charge >= 0.3 is 5.97 Å². The van der Waals surface area contributed by atoms with Crippen LogP contribution in [0.25, 0.3) is 0 Å². The largest absolute Gasteiger partial charge is 0.462 e. The number of hydrogen-bond donors (Lipinski definition) is 0. The van der Waals surface area contributed by atoms with Gasteiger partial charge in [0.2, 0.25) is 11.6 Å². The smallest absolute Gasteiger partial charge is 0.302 e. The van der Waals surface area contributed by atoms with Gasteiger partial charge in [0.15, 0.2) is 5.78 Å². The minimum Gasteiger partial charge on any atom is -0.462 e. The zero-order chi connectivity index (χ0) is 27.3. The number of Topliss-reactive ketones (excluding diaryl/α,β-unsaturated/α-hetero) is 2. The highest BCUT2D eigenvalue weighted by Gasteiger charge is 2.81. The first-order chi connectivity index (χ1) is 17.2. The number of allylic oxidation sites excluding steroid dienone is 2. The van der Waals surface area contributed by atoms with Crippen LogP contribution in [0.1, 0.15) is 93.9 Å². The number of esters is 1. The molecule has 0 bridgehead atoms. The van der Waals surface area contributed by atoms with Gasteiger partial charge in [0.1, 0.15) is 6.10 Å². The molecule has 0 saturated heterocycles. The summed E-state index contributed by atoms with van der Waals surface area (Å²) in [5, 5.41) is 0. The summed E-state index contributed by atoms with van der Waals surface area (Å²) in [6.07, 6.45) is 9.82. The fourth-order valence-electron chi connectivity index (χ4n) is 10.5. The van der Waals surface area contributed by atoms with E-state index in [2.05, 4.69) is 26.8 Å². The van der Waals surface area contributed by atoms with Gasteiger partial charge in [-0.1, -0.05) is 54.5 Å². The van der Waals surface area contributed by atoms with E-state index >= 15 is 0 Å². The van der Waals surface area contributed by atoms with Gasteiger partial charge in [-0.2, -0.15) is 0 Å². The van der Waals surface area contributed by atoms with Crippen LogP contribution in [0.3, 0.4) is 0 Å². The summed E-state index contributed by atoms with van der Waals surface area (Å²) >= 11 is 0. The lowest BCUT2D eigenvalue weighted by atomic mass is 9.43. The molecule has 5 nitrogen and oxygen atoms in total. The second-order valence-electron chi connectivity index (χ2n) is 14.4. The van der Waals surface area contributed by atoms with Crippen LogP contribution >= 0.6 is 0 Å². The lowest BCUT2D eigenvalue weighted by molar-refractivity contribution is -0.155. The Morgan fingerprint density at radius 1 is 1.00 bits per heavy atom. The van der Waals surface area contributed by atoms with Gasteiger partial charge in [-0.25, -0.2) is 0 Å². The molecule has 0 N–H and O–H groups in total. The Balaban J connectivity index is 1.52. The Hall–Kier alpha value is -1.78. The Morgan fingerprint density at radius 3 is 2.30 bits per heavy atom. The van der Waals surface area contributed by atoms with Gasteiger partial charge in [0.25, 0.3) is 0 Å². The van der Waals surface area contributed by atoms with E-state index in [0.29, 0.717) is 11.8 Å². The number of carbonyl (C=O) groups excluding carboxylic acids is 4. The molecule has 4 saturated carbocycles. The van der Waals surface area contributed by atoms with Crippen LogP contribution in [0.15, 0.2) is 12.2 Å². The molecule has 0 radical (unpaired) electrons. The molecule has 0 amide bonds. The van der Waals surface area contributed by atoms with Gasteiger partial charge < -0.3 is 4.74 Å². The minimum absolute atomic E-state index is 0.0863. The molecule has 5 aliphatic carbocycles. The van der Waals surface area contributed by atoms with Gasteiger partial charge in [-0.3, -0.25) is 19.2 Å². The number of hydrogen-bond acceptors (Lipinski definition) is 5. The van der Waals surface area contributed by atoms with Gasteiger partial charge in [0.05, 0.1) is 0 Å². The third-order valence-electron chi connectivity index (χ3n) is 13.0. The van der Waals surface area contributed by atoms with E-state index < -0.39 is 5.92 Å². The molecule has 0 aliphatic heterocycles. The van der Waals surface area contributed by atoms with Crippen LogP contribution in [0.5, 0.6) is 0 Å². The van der Waals surface area contributed by atoms with Crippen molar-refractivity contribution in [2.24, 2.45) is 63.1 Å². The fourth-order valence-corrected chi connectivity index (χ4v) is 10.5. The summed E-state index contributed by atoms with van der Waals surface area (Å²) < 4.78 is 6.01. The zero-order valence-corrected chi connectivity index (χ0v) is 24.1. The van der Waals surface area contributed by atoms with Crippen molar-refractivity contribution in [3.63, 3.8) is 0 Å². The zero-order valence-electron chi connectivity index (χ0n) is 24.1. The normalized spacial score (nSPS) is 47.3. The van der Waals surface area contributed by atoms with E-state index in [1.165, 1.54) is 6.92 Å². The Labute approximate surface area is 222 Å². The Morgan fingerprint density at radius 2 is 1.68 bits per heavy atom. The van der Waals surface area contributed by atoms with Crippen molar-refractivity contribution in [3.05, 3.63) is 12.2 Å². The average Bonchev–Trinajstić information content (AvgIpc) is 3.44. The van der Waals surface area contributed by atoms with Crippen molar-refractivity contribution in [3.8, 4) is 0 Å². The maximum atomic E-state index is 13.6. The summed E-state index contributed by atoms with van der Waals surface area (Å²) in [4.78, 5) is 51.6. The number of ketones is 3. The lowest BCUT2D eigenvalue weighted by Crippen LogP contribution is -2.55. The van der Waals surface area contributed by atoms with Crippen LogP contribution < -0.4 is 0 Å². The second-order valence-corrected chi connectivity index (χ2v) is 14.4. The number of rotatable bonds is 6. The highest BCUT2D eigenvalue weighted by atomic mass is 16.5. The third-order valence-corrected chi connectivity index (χ3v) is 13.0. The summed E-state index contributed by atoms with van der Waals surface area (Å²) in [6, 6.07) is 0. The summed E-state index contributed by atoms with van der Waals surface area (Å²) in [5.74, 6) is -0.555. The Kier molecular flexibility index (Phi) is 6.06. The molecule has 0 aromatic carbocycles. The van der Waals surface area contributed by atoms with E-state index in [4.69, 9.17) is 4.74 Å². The number of carbonyl (C=O) groups is 4. The molecule has 1 unspecified atom stereocenters. The molecule has 5 heteroatoms.